The maximum atomic E-state index is 12.9. The van der Waals surface area contributed by atoms with E-state index in [1.54, 1.807) is 6.08 Å². The zero-order chi connectivity index (χ0) is 25.8. The Kier molecular flexibility index (Phi) is 6.59. The van der Waals surface area contributed by atoms with E-state index in [1.807, 2.05) is 0 Å². The van der Waals surface area contributed by atoms with E-state index >= 15 is 0 Å². The van der Waals surface area contributed by atoms with Gasteiger partial charge in [0.15, 0.2) is 17.8 Å². The van der Waals surface area contributed by atoms with Crippen LogP contribution in [0.25, 0.3) is 0 Å². The lowest BCUT2D eigenvalue weighted by Crippen LogP contribution is -2.60. The molecule has 0 spiro atoms. The molecule has 3 heterocycles. The summed E-state index contributed by atoms with van der Waals surface area (Å²) in [5, 5.41) is 59.8. The molecule has 1 aromatic carbocycles. The predicted octanol–water partition coefficient (Wildman–Crippen LogP) is -2.01. The number of carbonyl (C=O) groups excluding carboxylic acids is 1. The van der Waals surface area contributed by atoms with Gasteiger partial charge in [0.2, 0.25) is 6.29 Å². The van der Waals surface area contributed by atoms with E-state index in [4.69, 9.17) is 28.4 Å². The lowest BCUT2D eigenvalue weighted by molar-refractivity contribution is -0.344. The quantitative estimate of drug-likeness (QED) is 0.173. The number of rotatable bonds is 7. The number of aliphatic hydroxyl groups excluding tert-OH is 5. The summed E-state index contributed by atoms with van der Waals surface area (Å²) in [5.41, 5.74) is -1.03. The minimum absolute atomic E-state index is 0.0973. The number of aromatic hydroxyl groups is 1. The van der Waals surface area contributed by atoms with Crippen molar-refractivity contribution in [3.63, 3.8) is 0 Å². The number of esters is 1. The Bertz CT molecular complexity index is 1010. The van der Waals surface area contributed by atoms with Gasteiger partial charge in [0.05, 0.1) is 38.1 Å². The van der Waals surface area contributed by atoms with E-state index in [0.29, 0.717) is 0 Å². The SMILES string of the molecule is COc1cc(C(=O)O[C@H]2[C@@H]3C=CO[C@H](O[C@@H]4O[C@H](CO)[C@@H](O)[C@H](O)[C@H]4O)[C@@H]3[C@@]3(CO)O[C@H]23)ccc1O. The van der Waals surface area contributed by atoms with Crippen LogP contribution in [0, 0.1) is 11.8 Å². The van der Waals surface area contributed by atoms with Crippen LogP contribution in [0.4, 0.5) is 0 Å². The van der Waals surface area contributed by atoms with Gasteiger partial charge < -0.3 is 59.1 Å². The molecule has 1 saturated carbocycles. The lowest BCUT2D eigenvalue weighted by atomic mass is 9.85. The topological polar surface area (TPSA) is 197 Å². The van der Waals surface area contributed by atoms with E-state index in [1.165, 1.54) is 31.6 Å². The second kappa shape index (κ2) is 9.43. The van der Waals surface area contributed by atoms with Crippen molar-refractivity contribution >= 4 is 5.97 Å². The number of fused-ring (bicyclic) bond motifs is 3. The highest BCUT2D eigenvalue weighted by atomic mass is 16.8. The van der Waals surface area contributed by atoms with Gasteiger partial charge in [-0.1, -0.05) is 0 Å². The van der Waals surface area contributed by atoms with Crippen molar-refractivity contribution < 1.29 is 63.9 Å². The summed E-state index contributed by atoms with van der Waals surface area (Å²) in [6.45, 7) is -1.07. The molecule has 13 nitrogen and oxygen atoms in total. The average Bonchev–Trinajstić information content (AvgIpc) is 3.56. The Morgan fingerprint density at radius 3 is 2.58 bits per heavy atom. The van der Waals surface area contributed by atoms with Crippen molar-refractivity contribution in [2.75, 3.05) is 20.3 Å². The molecule has 0 amide bonds. The van der Waals surface area contributed by atoms with Gasteiger partial charge in [-0.25, -0.2) is 4.79 Å². The largest absolute Gasteiger partial charge is 0.504 e. The minimum Gasteiger partial charge on any atom is -0.504 e. The summed E-state index contributed by atoms with van der Waals surface area (Å²) in [7, 11) is 1.35. The number of epoxide rings is 1. The first kappa shape index (κ1) is 25.2. The summed E-state index contributed by atoms with van der Waals surface area (Å²) in [4.78, 5) is 12.9. The van der Waals surface area contributed by atoms with Crippen molar-refractivity contribution in [1.29, 1.82) is 0 Å². The van der Waals surface area contributed by atoms with Gasteiger partial charge in [0.25, 0.3) is 0 Å². The third-order valence-corrected chi connectivity index (χ3v) is 7.26. The standard InChI is InChI=1S/C23H28O13/c1-31-12-6-9(2-3-11(12)26)20(30)34-18-10-4-5-32-21(14(10)23(8-25)19(18)36-23)35-22-17(29)16(28)15(27)13(7-24)33-22/h2-6,10,13-19,21-22,24-29H,7-8H2,1H3/t10-,13-,14-,15-,16+,17-,18+,19-,21-,22+,23-/m1/s1. The van der Waals surface area contributed by atoms with Crippen LogP contribution in [0.1, 0.15) is 10.4 Å². The number of phenols is 1. The molecule has 0 unspecified atom stereocenters. The third kappa shape index (κ3) is 3.92. The van der Waals surface area contributed by atoms with E-state index in [0.717, 1.165) is 0 Å². The van der Waals surface area contributed by atoms with Crippen LogP contribution in [-0.2, 0) is 23.7 Å². The molecule has 36 heavy (non-hydrogen) atoms. The van der Waals surface area contributed by atoms with Crippen molar-refractivity contribution in [3.8, 4) is 11.5 Å². The van der Waals surface area contributed by atoms with Crippen LogP contribution in [-0.4, -0.2) is 112 Å². The Morgan fingerprint density at radius 2 is 1.89 bits per heavy atom. The molecule has 4 aliphatic rings. The normalized spacial score (nSPS) is 42.7. The third-order valence-electron chi connectivity index (χ3n) is 7.26. The molecule has 3 fully saturated rings. The highest BCUT2D eigenvalue weighted by Crippen LogP contribution is 2.60. The van der Waals surface area contributed by atoms with Crippen molar-refractivity contribution in [1.82, 2.24) is 0 Å². The second-order valence-corrected chi connectivity index (χ2v) is 9.18. The van der Waals surface area contributed by atoms with Crippen molar-refractivity contribution in [2.24, 2.45) is 11.8 Å². The molecule has 13 heteroatoms. The van der Waals surface area contributed by atoms with Gasteiger partial charge in [-0.05, 0) is 24.3 Å². The zero-order valence-corrected chi connectivity index (χ0v) is 19.1. The van der Waals surface area contributed by atoms with Crippen molar-refractivity contribution in [3.05, 3.63) is 36.1 Å². The molecule has 3 aliphatic heterocycles. The number of hydrogen-bond acceptors (Lipinski definition) is 13. The Balaban J connectivity index is 1.35. The fourth-order valence-electron chi connectivity index (χ4n) is 5.28. The van der Waals surface area contributed by atoms with Gasteiger partial charge in [-0.3, -0.25) is 0 Å². The Hall–Kier alpha value is -2.49. The highest BCUT2D eigenvalue weighted by Gasteiger charge is 2.77. The van der Waals surface area contributed by atoms with Crippen LogP contribution in [0.3, 0.4) is 0 Å². The maximum Gasteiger partial charge on any atom is 0.338 e. The molecule has 11 atom stereocenters. The number of carbonyl (C=O) groups is 1. The Morgan fingerprint density at radius 1 is 1.11 bits per heavy atom. The van der Waals surface area contributed by atoms with E-state index in [2.05, 4.69) is 0 Å². The van der Waals surface area contributed by atoms with Crippen LogP contribution in [0.2, 0.25) is 0 Å². The number of methoxy groups -OCH3 is 1. The molecule has 0 aromatic heterocycles. The monoisotopic (exact) mass is 512 g/mol. The fourth-order valence-corrected chi connectivity index (χ4v) is 5.28. The zero-order valence-electron chi connectivity index (χ0n) is 19.1. The molecule has 2 saturated heterocycles. The van der Waals surface area contributed by atoms with Gasteiger partial charge in [-0.2, -0.15) is 0 Å². The molecule has 198 valence electrons. The molecule has 0 radical (unpaired) electrons. The van der Waals surface area contributed by atoms with Gasteiger partial charge in [0.1, 0.15) is 42.2 Å². The number of phenolic OH excluding ortho intramolecular Hbond substituents is 1. The molecule has 5 rings (SSSR count). The molecular weight excluding hydrogens is 484 g/mol. The van der Waals surface area contributed by atoms with Crippen LogP contribution in [0.5, 0.6) is 11.5 Å². The van der Waals surface area contributed by atoms with Crippen LogP contribution in [0.15, 0.2) is 30.5 Å². The summed E-state index contributed by atoms with van der Waals surface area (Å²) in [5.74, 6) is -1.95. The first-order valence-corrected chi connectivity index (χ1v) is 11.4. The molecule has 0 bridgehead atoms. The number of ether oxygens (including phenoxy) is 6. The van der Waals surface area contributed by atoms with E-state index in [-0.39, 0.29) is 17.1 Å². The molecular formula is C23H28O13. The van der Waals surface area contributed by atoms with E-state index in [9.17, 15) is 35.4 Å². The first-order valence-electron chi connectivity index (χ1n) is 11.4. The Labute approximate surface area is 205 Å². The fraction of sp³-hybridized carbons (Fsp3) is 0.609. The molecule has 1 aromatic rings. The van der Waals surface area contributed by atoms with Crippen LogP contribution >= 0.6 is 0 Å². The van der Waals surface area contributed by atoms with Crippen molar-refractivity contribution in [2.45, 2.75) is 54.8 Å². The number of hydrogen-bond donors (Lipinski definition) is 6. The number of benzene rings is 1. The minimum atomic E-state index is -1.66. The van der Waals surface area contributed by atoms with Gasteiger partial charge in [-0.15, -0.1) is 0 Å². The smallest absolute Gasteiger partial charge is 0.338 e. The lowest BCUT2D eigenvalue weighted by Gasteiger charge is -2.43. The van der Waals surface area contributed by atoms with Crippen LogP contribution < -0.4 is 4.74 Å². The van der Waals surface area contributed by atoms with E-state index < -0.39 is 85.8 Å². The second-order valence-electron chi connectivity index (χ2n) is 9.18. The van der Waals surface area contributed by atoms with Gasteiger partial charge in [0, 0.05) is 5.92 Å². The van der Waals surface area contributed by atoms with Gasteiger partial charge >= 0.3 is 5.97 Å². The number of aliphatic hydroxyl groups is 5. The predicted molar refractivity (Wildman–Crippen MR) is 114 cm³/mol. The first-order chi connectivity index (χ1) is 17.2. The summed E-state index contributed by atoms with van der Waals surface area (Å²) >= 11 is 0. The summed E-state index contributed by atoms with van der Waals surface area (Å²) in [6, 6.07) is 4.02. The maximum absolute atomic E-state index is 12.9. The molecule has 6 N–H and O–H groups in total. The molecule has 1 aliphatic carbocycles. The highest BCUT2D eigenvalue weighted by molar-refractivity contribution is 5.90. The average molecular weight is 512 g/mol. The summed E-state index contributed by atoms with van der Waals surface area (Å²) in [6.07, 6.45) is -7.19. The summed E-state index contributed by atoms with van der Waals surface area (Å²) < 4.78 is 33.4.